The normalized spacial score (nSPS) is 17.9. The van der Waals surface area contributed by atoms with Crippen molar-refractivity contribution in [3.05, 3.63) is 16.1 Å². The lowest BCUT2D eigenvalue weighted by atomic mass is 10.2. The summed E-state index contributed by atoms with van der Waals surface area (Å²) < 4.78 is 5.30. The molecule has 2 rings (SSSR count). The van der Waals surface area contributed by atoms with Crippen LogP contribution in [0, 0.1) is 6.92 Å². The highest BCUT2D eigenvalue weighted by Crippen LogP contribution is 2.10. The van der Waals surface area contributed by atoms with Crippen LogP contribution >= 0.6 is 11.3 Å². The van der Waals surface area contributed by atoms with Crippen molar-refractivity contribution in [2.75, 3.05) is 32.8 Å². The summed E-state index contributed by atoms with van der Waals surface area (Å²) in [6.07, 6.45) is 1.87. The van der Waals surface area contributed by atoms with Gasteiger partial charge in [0.05, 0.1) is 24.3 Å². The zero-order valence-electron chi connectivity index (χ0n) is 12.2. The fourth-order valence-electron chi connectivity index (χ4n) is 2.25. The van der Waals surface area contributed by atoms with Gasteiger partial charge in [-0.05, 0) is 20.3 Å². The van der Waals surface area contributed by atoms with Crippen molar-refractivity contribution >= 4 is 17.2 Å². The summed E-state index contributed by atoms with van der Waals surface area (Å²) in [7, 11) is 0. The second kappa shape index (κ2) is 7.71. The van der Waals surface area contributed by atoms with Gasteiger partial charge < -0.3 is 10.1 Å². The number of amides is 1. The van der Waals surface area contributed by atoms with Gasteiger partial charge in [0.15, 0.2) is 0 Å². The second-order valence-corrected chi connectivity index (χ2v) is 6.04. The number of thiazole rings is 1. The Morgan fingerprint density at radius 3 is 2.95 bits per heavy atom. The van der Waals surface area contributed by atoms with Gasteiger partial charge in [-0.25, -0.2) is 4.98 Å². The minimum atomic E-state index is -0.0685. The average molecular weight is 297 g/mol. The molecule has 112 valence electrons. The lowest BCUT2D eigenvalue weighted by Gasteiger charge is -2.31. The molecule has 20 heavy (non-hydrogen) atoms. The molecule has 5 nitrogen and oxygen atoms in total. The van der Waals surface area contributed by atoms with Crippen molar-refractivity contribution in [1.82, 2.24) is 15.2 Å². The molecule has 1 aliphatic heterocycles. The van der Waals surface area contributed by atoms with Crippen molar-refractivity contribution in [3.63, 3.8) is 0 Å². The number of nitrogens with one attached hydrogen (secondary N) is 1. The summed E-state index contributed by atoms with van der Waals surface area (Å²) in [4.78, 5) is 18.6. The molecular weight excluding hydrogens is 274 g/mol. The molecule has 0 aliphatic carbocycles. The maximum Gasteiger partial charge on any atom is 0.237 e. The largest absolute Gasteiger partial charge is 0.379 e. The van der Waals surface area contributed by atoms with Gasteiger partial charge in [-0.1, -0.05) is 0 Å². The van der Waals surface area contributed by atoms with Gasteiger partial charge in [0.1, 0.15) is 0 Å². The molecule has 1 unspecified atom stereocenters. The van der Waals surface area contributed by atoms with E-state index in [1.807, 2.05) is 13.8 Å². The lowest BCUT2D eigenvalue weighted by molar-refractivity contribution is -0.127. The summed E-state index contributed by atoms with van der Waals surface area (Å²) in [5.41, 5.74) is 1.08. The van der Waals surface area contributed by atoms with E-state index < -0.39 is 0 Å². The Kier molecular flexibility index (Phi) is 5.94. The van der Waals surface area contributed by atoms with Crippen LogP contribution in [0.5, 0.6) is 0 Å². The standard InChI is InChI=1S/C14H23N3O2S/c1-11-10-20-13(16-11)4-3-5-15-14(18)12(2)17-6-8-19-9-7-17/h10,12H,3-9H2,1-2H3,(H,15,18). The molecule has 1 aromatic rings. The molecule has 1 atom stereocenters. The average Bonchev–Trinajstić information content (AvgIpc) is 2.89. The van der Waals surface area contributed by atoms with E-state index in [1.54, 1.807) is 11.3 Å². The number of aryl methyl sites for hydroxylation is 2. The van der Waals surface area contributed by atoms with Crippen molar-refractivity contribution in [2.24, 2.45) is 0 Å². The molecule has 1 N–H and O–H groups in total. The van der Waals surface area contributed by atoms with Crippen LogP contribution in [0.4, 0.5) is 0 Å². The van der Waals surface area contributed by atoms with Gasteiger partial charge in [-0.3, -0.25) is 9.69 Å². The van der Waals surface area contributed by atoms with Gasteiger partial charge >= 0.3 is 0 Å². The Balaban J connectivity index is 1.64. The predicted octanol–water partition coefficient (Wildman–Crippen LogP) is 1.22. The van der Waals surface area contributed by atoms with Crippen LogP contribution in [0.1, 0.15) is 24.0 Å². The van der Waals surface area contributed by atoms with E-state index in [4.69, 9.17) is 4.74 Å². The van der Waals surface area contributed by atoms with Crippen LogP contribution in [0.25, 0.3) is 0 Å². The number of carbonyl (C=O) groups excluding carboxylic acids is 1. The molecular formula is C14H23N3O2S. The summed E-state index contributed by atoms with van der Waals surface area (Å²) in [5, 5.41) is 6.23. The van der Waals surface area contributed by atoms with Crippen LogP contribution in [0.2, 0.25) is 0 Å². The van der Waals surface area contributed by atoms with E-state index in [2.05, 4.69) is 20.6 Å². The zero-order chi connectivity index (χ0) is 14.4. The van der Waals surface area contributed by atoms with Crippen LogP contribution in [0.3, 0.4) is 0 Å². The maximum atomic E-state index is 12.1. The quantitative estimate of drug-likeness (QED) is 0.802. The smallest absolute Gasteiger partial charge is 0.237 e. The number of hydrogen-bond acceptors (Lipinski definition) is 5. The topological polar surface area (TPSA) is 54.5 Å². The van der Waals surface area contributed by atoms with Crippen LogP contribution < -0.4 is 5.32 Å². The molecule has 6 heteroatoms. The monoisotopic (exact) mass is 297 g/mol. The molecule has 0 radical (unpaired) electrons. The first-order valence-electron chi connectivity index (χ1n) is 7.17. The number of morpholine rings is 1. The van der Waals surface area contributed by atoms with E-state index in [0.29, 0.717) is 6.54 Å². The lowest BCUT2D eigenvalue weighted by Crippen LogP contribution is -2.49. The molecule has 0 bridgehead atoms. The Labute approximate surface area is 124 Å². The van der Waals surface area contributed by atoms with E-state index in [-0.39, 0.29) is 11.9 Å². The van der Waals surface area contributed by atoms with Gasteiger partial charge in [0.2, 0.25) is 5.91 Å². The van der Waals surface area contributed by atoms with E-state index in [9.17, 15) is 4.79 Å². The molecule has 1 aromatic heterocycles. The number of ether oxygens (including phenoxy) is 1. The minimum absolute atomic E-state index is 0.0685. The first kappa shape index (κ1) is 15.4. The number of nitrogens with zero attached hydrogens (tertiary/aromatic N) is 2. The van der Waals surface area contributed by atoms with Gasteiger partial charge in [0, 0.05) is 37.1 Å². The Morgan fingerprint density at radius 2 is 2.30 bits per heavy atom. The molecule has 1 fully saturated rings. The fourth-order valence-corrected chi connectivity index (χ4v) is 3.07. The third kappa shape index (κ3) is 4.54. The van der Waals surface area contributed by atoms with Gasteiger partial charge in [-0.2, -0.15) is 0 Å². The fraction of sp³-hybridized carbons (Fsp3) is 0.714. The molecule has 1 aliphatic rings. The molecule has 0 spiro atoms. The molecule has 1 amide bonds. The van der Waals surface area contributed by atoms with Crippen molar-refractivity contribution < 1.29 is 9.53 Å². The molecule has 0 saturated carbocycles. The molecule has 0 aromatic carbocycles. The predicted molar refractivity (Wildman–Crippen MR) is 80.0 cm³/mol. The summed E-state index contributed by atoms with van der Waals surface area (Å²) >= 11 is 1.69. The number of aromatic nitrogens is 1. The summed E-state index contributed by atoms with van der Waals surface area (Å²) in [6.45, 7) is 7.81. The van der Waals surface area contributed by atoms with E-state index in [1.165, 1.54) is 0 Å². The van der Waals surface area contributed by atoms with Crippen molar-refractivity contribution in [2.45, 2.75) is 32.7 Å². The third-order valence-corrected chi connectivity index (χ3v) is 4.53. The van der Waals surface area contributed by atoms with Crippen molar-refractivity contribution in [1.29, 1.82) is 0 Å². The third-order valence-electron chi connectivity index (χ3n) is 3.51. The van der Waals surface area contributed by atoms with Crippen molar-refractivity contribution in [3.8, 4) is 0 Å². The second-order valence-electron chi connectivity index (χ2n) is 5.10. The highest BCUT2D eigenvalue weighted by atomic mass is 32.1. The number of carbonyl (C=O) groups is 1. The zero-order valence-corrected chi connectivity index (χ0v) is 13.0. The van der Waals surface area contributed by atoms with E-state index >= 15 is 0 Å². The van der Waals surface area contributed by atoms with Crippen LogP contribution in [-0.2, 0) is 16.0 Å². The Morgan fingerprint density at radius 1 is 1.55 bits per heavy atom. The minimum Gasteiger partial charge on any atom is -0.379 e. The Bertz CT molecular complexity index is 430. The number of rotatable bonds is 6. The van der Waals surface area contributed by atoms with Crippen LogP contribution in [0.15, 0.2) is 5.38 Å². The highest BCUT2D eigenvalue weighted by molar-refractivity contribution is 7.09. The maximum absolute atomic E-state index is 12.1. The molecule has 2 heterocycles. The Hall–Kier alpha value is -0.980. The molecule has 1 saturated heterocycles. The number of hydrogen-bond donors (Lipinski definition) is 1. The highest BCUT2D eigenvalue weighted by Gasteiger charge is 2.22. The van der Waals surface area contributed by atoms with E-state index in [0.717, 1.165) is 49.8 Å². The summed E-state index contributed by atoms with van der Waals surface area (Å²) in [6, 6.07) is -0.0685. The first-order chi connectivity index (χ1) is 9.66. The van der Waals surface area contributed by atoms with Gasteiger partial charge in [0.25, 0.3) is 0 Å². The van der Waals surface area contributed by atoms with Gasteiger partial charge in [-0.15, -0.1) is 11.3 Å². The SMILES string of the molecule is Cc1csc(CCCNC(=O)C(C)N2CCOCC2)n1. The summed E-state index contributed by atoms with van der Waals surface area (Å²) in [5.74, 6) is 0.113. The first-order valence-corrected chi connectivity index (χ1v) is 8.05. The van der Waals surface area contributed by atoms with Crippen LogP contribution in [-0.4, -0.2) is 54.7 Å².